The lowest BCUT2D eigenvalue weighted by atomic mass is 10.1. The number of halogens is 1. The highest BCUT2D eigenvalue weighted by atomic mass is 79.9. The average Bonchev–Trinajstić information content (AvgIpc) is 2.18. The first-order chi connectivity index (χ1) is 6.24. The average molecular weight is 250 g/mol. The highest BCUT2D eigenvalue weighted by Gasteiger charge is 2.01. The molecule has 1 unspecified atom stereocenters. The summed E-state index contributed by atoms with van der Waals surface area (Å²) >= 11 is 3.51. The highest BCUT2D eigenvalue weighted by molar-refractivity contribution is 9.09. The van der Waals surface area contributed by atoms with E-state index < -0.39 is 0 Å². The summed E-state index contributed by atoms with van der Waals surface area (Å²) in [6.07, 6.45) is 4.11. The van der Waals surface area contributed by atoms with Crippen molar-refractivity contribution in [3.05, 3.63) is 0 Å². The van der Waals surface area contributed by atoms with Crippen molar-refractivity contribution >= 4 is 15.9 Å². The lowest BCUT2D eigenvalue weighted by molar-refractivity contribution is 0.293. The zero-order chi connectivity index (χ0) is 10.1. The van der Waals surface area contributed by atoms with E-state index in [1.54, 1.807) is 0 Å². The van der Waals surface area contributed by atoms with E-state index in [1.807, 2.05) is 0 Å². The van der Waals surface area contributed by atoms with E-state index in [1.165, 1.54) is 38.9 Å². The Morgan fingerprint density at radius 2 is 1.77 bits per heavy atom. The van der Waals surface area contributed by atoms with Crippen LogP contribution < -0.4 is 0 Å². The SMILES string of the molecule is CCN(CC)CCCCC(C)CBr. The van der Waals surface area contributed by atoms with Crippen LogP contribution in [0.25, 0.3) is 0 Å². The van der Waals surface area contributed by atoms with Gasteiger partial charge in [-0.05, 0) is 38.4 Å². The molecular weight excluding hydrogens is 226 g/mol. The van der Waals surface area contributed by atoms with Crippen LogP contribution in [0.2, 0.25) is 0 Å². The van der Waals surface area contributed by atoms with Crippen molar-refractivity contribution in [1.29, 1.82) is 0 Å². The second kappa shape index (κ2) is 9.01. The molecule has 2 heteroatoms. The fourth-order valence-electron chi connectivity index (χ4n) is 1.45. The summed E-state index contributed by atoms with van der Waals surface area (Å²) in [5, 5.41) is 1.15. The molecule has 0 heterocycles. The Bertz CT molecular complexity index is 102. The van der Waals surface area contributed by atoms with Crippen LogP contribution in [-0.2, 0) is 0 Å². The quantitative estimate of drug-likeness (QED) is 0.470. The molecule has 0 aromatic rings. The molecule has 0 bridgehead atoms. The molecule has 0 radical (unpaired) electrons. The van der Waals surface area contributed by atoms with Gasteiger partial charge in [0.25, 0.3) is 0 Å². The van der Waals surface area contributed by atoms with Crippen LogP contribution in [0.15, 0.2) is 0 Å². The van der Waals surface area contributed by atoms with Gasteiger partial charge in [0.05, 0.1) is 0 Å². The smallest absolute Gasteiger partial charge is 0.00570 e. The molecule has 0 spiro atoms. The molecule has 0 amide bonds. The Morgan fingerprint density at radius 1 is 1.15 bits per heavy atom. The van der Waals surface area contributed by atoms with E-state index in [4.69, 9.17) is 0 Å². The molecule has 0 aliphatic carbocycles. The van der Waals surface area contributed by atoms with E-state index in [-0.39, 0.29) is 0 Å². The fraction of sp³-hybridized carbons (Fsp3) is 1.00. The number of nitrogens with zero attached hydrogens (tertiary/aromatic N) is 1. The van der Waals surface area contributed by atoms with E-state index >= 15 is 0 Å². The minimum Gasteiger partial charge on any atom is -0.304 e. The van der Waals surface area contributed by atoms with Gasteiger partial charge in [-0.3, -0.25) is 0 Å². The zero-order valence-electron chi connectivity index (χ0n) is 9.35. The third-order valence-electron chi connectivity index (χ3n) is 2.58. The van der Waals surface area contributed by atoms with E-state index in [0.29, 0.717) is 0 Å². The van der Waals surface area contributed by atoms with Gasteiger partial charge in [-0.2, -0.15) is 0 Å². The number of alkyl halides is 1. The minimum atomic E-state index is 0.844. The molecule has 80 valence electrons. The molecule has 0 fully saturated rings. The van der Waals surface area contributed by atoms with Crippen LogP contribution in [-0.4, -0.2) is 29.9 Å². The highest BCUT2D eigenvalue weighted by Crippen LogP contribution is 2.10. The Labute approximate surface area is 92.0 Å². The van der Waals surface area contributed by atoms with E-state index in [9.17, 15) is 0 Å². The van der Waals surface area contributed by atoms with Gasteiger partial charge >= 0.3 is 0 Å². The molecule has 0 rings (SSSR count). The Balaban J connectivity index is 3.23. The van der Waals surface area contributed by atoms with Crippen LogP contribution in [0.3, 0.4) is 0 Å². The first-order valence-corrected chi connectivity index (χ1v) is 6.65. The summed E-state index contributed by atoms with van der Waals surface area (Å²) < 4.78 is 0. The first kappa shape index (κ1) is 13.4. The molecule has 0 aliphatic rings. The third kappa shape index (κ3) is 7.51. The van der Waals surface area contributed by atoms with Crippen molar-refractivity contribution in [2.45, 2.75) is 40.0 Å². The van der Waals surface area contributed by atoms with Crippen molar-refractivity contribution in [2.75, 3.05) is 25.0 Å². The second-order valence-corrected chi connectivity index (χ2v) is 4.43. The minimum absolute atomic E-state index is 0.844. The number of hydrogen-bond donors (Lipinski definition) is 0. The second-order valence-electron chi connectivity index (χ2n) is 3.78. The fourth-order valence-corrected chi connectivity index (χ4v) is 1.77. The summed E-state index contributed by atoms with van der Waals surface area (Å²) in [6.45, 7) is 10.5. The molecular formula is C11H24BrN. The van der Waals surface area contributed by atoms with E-state index in [2.05, 4.69) is 41.6 Å². The summed E-state index contributed by atoms with van der Waals surface area (Å²) in [7, 11) is 0. The van der Waals surface area contributed by atoms with Crippen molar-refractivity contribution < 1.29 is 0 Å². The maximum atomic E-state index is 3.51. The summed E-state index contributed by atoms with van der Waals surface area (Å²) in [4.78, 5) is 2.50. The molecule has 1 atom stereocenters. The number of hydrogen-bond acceptors (Lipinski definition) is 1. The number of unbranched alkanes of at least 4 members (excludes halogenated alkanes) is 1. The third-order valence-corrected chi connectivity index (χ3v) is 3.68. The van der Waals surface area contributed by atoms with Crippen LogP contribution >= 0.6 is 15.9 Å². The van der Waals surface area contributed by atoms with Gasteiger partial charge in [-0.25, -0.2) is 0 Å². The maximum absolute atomic E-state index is 3.51. The molecule has 0 saturated heterocycles. The monoisotopic (exact) mass is 249 g/mol. The van der Waals surface area contributed by atoms with Gasteiger partial charge in [0.1, 0.15) is 0 Å². The Kier molecular flexibility index (Phi) is 9.32. The summed E-state index contributed by atoms with van der Waals surface area (Å²) in [6, 6.07) is 0. The van der Waals surface area contributed by atoms with Gasteiger partial charge in [0.15, 0.2) is 0 Å². The van der Waals surface area contributed by atoms with Crippen molar-refractivity contribution in [1.82, 2.24) is 4.90 Å². The molecule has 0 saturated carbocycles. The van der Waals surface area contributed by atoms with Gasteiger partial charge in [-0.1, -0.05) is 43.1 Å². The lowest BCUT2D eigenvalue weighted by Gasteiger charge is -2.17. The molecule has 13 heavy (non-hydrogen) atoms. The molecule has 0 N–H and O–H groups in total. The van der Waals surface area contributed by atoms with Crippen molar-refractivity contribution in [2.24, 2.45) is 5.92 Å². The predicted octanol–water partition coefficient (Wildman–Crippen LogP) is 3.53. The topological polar surface area (TPSA) is 3.24 Å². The zero-order valence-corrected chi connectivity index (χ0v) is 10.9. The van der Waals surface area contributed by atoms with Crippen LogP contribution in [0.5, 0.6) is 0 Å². The van der Waals surface area contributed by atoms with Crippen LogP contribution in [0, 0.1) is 5.92 Å². The van der Waals surface area contributed by atoms with Gasteiger partial charge in [0, 0.05) is 5.33 Å². The maximum Gasteiger partial charge on any atom is 0.00570 e. The standard InChI is InChI=1S/C11H24BrN/c1-4-13(5-2)9-7-6-8-11(3)10-12/h11H,4-10H2,1-3H3. The molecule has 0 aromatic heterocycles. The van der Waals surface area contributed by atoms with Gasteiger partial charge in [0.2, 0.25) is 0 Å². The largest absolute Gasteiger partial charge is 0.304 e. The number of rotatable bonds is 8. The Morgan fingerprint density at radius 3 is 2.23 bits per heavy atom. The van der Waals surface area contributed by atoms with Crippen molar-refractivity contribution in [3.63, 3.8) is 0 Å². The normalized spacial score (nSPS) is 13.6. The summed E-state index contributed by atoms with van der Waals surface area (Å²) in [5.41, 5.74) is 0. The van der Waals surface area contributed by atoms with Gasteiger partial charge in [-0.15, -0.1) is 0 Å². The van der Waals surface area contributed by atoms with Crippen LogP contribution in [0.1, 0.15) is 40.0 Å². The van der Waals surface area contributed by atoms with E-state index in [0.717, 1.165) is 11.2 Å². The first-order valence-electron chi connectivity index (χ1n) is 5.52. The van der Waals surface area contributed by atoms with Gasteiger partial charge < -0.3 is 4.90 Å². The molecule has 0 aliphatic heterocycles. The summed E-state index contributed by atoms with van der Waals surface area (Å²) in [5.74, 6) is 0.844. The van der Waals surface area contributed by atoms with Crippen LogP contribution in [0.4, 0.5) is 0 Å². The lowest BCUT2D eigenvalue weighted by Crippen LogP contribution is -2.23. The Hall–Kier alpha value is 0.440. The predicted molar refractivity (Wildman–Crippen MR) is 64.6 cm³/mol. The molecule has 1 nitrogen and oxygen atoms in total. The van der Waals surface area contributed by atoms with Crippen molar-refractivity contribution in [3.8, 4) is 0 Å². The molecule has 0 aromatic carbocycles.